The lowest BCUT2D eigenvalue weighted by Gasteiger charge is -2.18. The van der Waals surface area contributed by atoms with Crippen molar-refractivity contribution in [3.63, 3.8) is 0 Å². The Kier molecular flexibility index (Phi) is 5.57. The molecule has 0 saturated carbocycles. The van der Waals surface area contributed by atoms with E-state index in [0.29, 0.717) is 18.0 Å². The van der Waals surface area contributed by atoms with Crippen molar-refractivity contribution >= 4 is 11.7 Å². The number of anilines is 1. The van der Waals surface area contributed by atoms with Gasteiger partial charge in [-0.25, -0.2) is 4.79 Å². The summed E-state index contributed by atoms with van der Waals surface area (Å²) in [5.74, 6) is 0.384. The first-order valence-corrected chi connectivity index (χ1v) is 6.27. The Morgan fingerprint density at radius 1 is 1.42 bits per heavy atom. The van der Waals surface area contributed by atoms with Crippen molar-refractivity contribution in [3.05, 3.63) is 28.7 Å². The van der Waals surface area contributed by atoms with Crippen LogP contribution in [0.4, 0.5) is 10.5 Å². The Morgan fingerprint density at radius 3 is 2.63 bits per heavy atom. The molecule has 0 aliphatic carbocycles. The molecule has 1 aromatic rings. The van der Waals surface area contributed by atoms with Crippen LogP contribution in [0.1, 0.15) is 20.3 Å². The van der Waals surface area contributed by atoms with Crippen molar-refractivity contribution < 1.29 is 9.90 Å². The van der Waals surface area contributed by atoms with Gasteiger partial charge >= 0.3 is 6.03 Å². The lowest BCUT2D eigenvalue weighted by atomic mass is 10.0. The quantitative estimate of drug-likeness (QED) is 0.741. The molecule has 1 rings (SSSR count). The molecule has 0 aliphatic heterocycles. The summed E-state index contributed by atoms with van der Waals surface area (Å²) in [4.78, 5) is 22.9. The first kappa shape index (κ1) is 15.2. The van der Waals surface area contributed by atoms with E-state index in [9.17, 15) is 14.7 Å². The molecule has 3 N–H and O–H groups in total. The van der Waals surface area contributed by atoms with Crippen LogP contribution in [0.15, 0.2) is 23.1 Å². The number of aliphatic hydroxyl groups is 1. The minimum absolute atomic E-state index is 0.0983. The van der Waals surface area contributed by atoms with Gasteiger partial charge in [-0.3, -0.25) is 4.79 Å². The monoisotopic (exact) mass is 267 g/mol. The molecule has 1 atom stereocenters. The molecule has 0 saturated heterocycles. The van der Waals surface area contributed by atoms with Crippen LogP contribution in [0, 0.1) is 5.92 Å². The molecule has 0 spiro atoms. The number of carbonyl (C=O) groups excluding carboxylic acids is 1. The average Bonchev–Trinajstić information content (AvgIpc) is 2.32. The number of carbonyl (C=O) groups is 1. The Hall–Kier alpha value is -1.82. The van der Waals surface area contributed by atoms with Gasteiger partial charge < -0.3 is 20.3 Å². The van der Waals surface area contributed by atoms with E-state index in [1.165, 1.54) is 22.9 Å². The minimum atomic E-state index is -0.390. The molecule has 0 radical (unpaired) electrons. The van der Waals surface area contributed by atoms with Crippen molar-refractivity contribution in [1.82, 2.24) is 9.88 Å². The van der Waals surface area contributed by atoms with E-state index in [4.69, 9.17) is 0 Å². The number of nitrogens with one attached hydrogen (secondary N) is 2. The van der Waals surface area contributed by atoms with Crippen LogP contribution in [0.3, 0.4) is 0 Å². The van der Waals surface area contributed by atoms with Gasteiger partial charge in [-0.2, -0.15) is 0 Å². The third-order valence-electron chi connectivity index (χ3n) is 2.66. The number of hydrogen-bond donors (Lipinski definition) is 3. The molecule has 6 heteroatoms. The second-order valence-electron chi connectivity index (χ2n) is 4.97. The van der Waals surface area contributed by atoms with Gasteiger partial charge in [-0.1, -0.05) is 13.8 Å². The van der Waals surface area contributed by atoms with E-state index in [-0.39, 0.29) is 18.2 Å². The largest absolute Gasteiger partial charge is 0.394 e. The van der Waals surface area contributed by atoms with Crippen LogP contribution in [0.25, 0.3) is 0 Å². The van der Waals surface area contributed by atoms with Gasteiger partial charge in [0.1, 0.15) is 0 Å². The number of hydrogen-bond acceptors (Lipinski definition) is 3. The normalized spacial score (nSPS) is 12.3. The van der Waals surface area contributed by atoms with Gasteiger partial charge in [-0.15, -0.1) is 0 Å². The number of pyridine rings is 1. The Balaban J connectivity index is 2.58. The summed E-state index contributed by atoms with van der Waals surface area (Å²) in [6.45, 7) is 3.95. The van der Waals surface area contributed by atoms with Crippen molar-refractivity contribution in [3.8, 4) is 0 Å². The topological polar surface area (TPSA) is 83.4 Å². The molecule has 106 valence electrons. The summed E-state index contributed by atoms with van der Waals surface area (Å²) >= 11 is 0. The Bertz CT molecular complexity index is 482. The van der Waals surface area contributed by atoms with E-state index in [2.05, 4.69) is 10.6 Å². The SMILES string of the molecule is CC(C)CC(CO)NC(=O)Nc1ccc(=O)n(C)c1. The van der Waals surface area contributed by atoms with E-state index in [1.807, 2.05) is 13.8 Å². The number of aliphatic hydroxyl groups excluding tert-OH is 1. The zero-order valence-corrected chi connectivity index (χ0v) is 11.5. The highest BCUT2D eigenvalue weighted by atomic mass is 16.3. The molecular weight excluding hydrogens is 246 g/mol. The summed E-state index contributed by atoms with van der Waals surface area (Å²) in [6.07, 6.45) is 2.25. The van der Waals surface area contributed by atoms with Crippen molar-refractivity contribution in [1.29, 1.82) is 0 Å². The molecule has 1 aromatic heterocycles. The molecule has 2 amide bonds. The first-order chi connectivity index (χ1) is 8.92. The second kappa shape index (κ2) is 6.94. The van der Waals surface area contributed by atoms with Crippen molar-refractivity contribution in [2.24, 2.45) is 13.0 Å². The molecule has 19 heavy (non-hydrogen) atoms. The molecular formula is C13H21N3O3. The van der Waals surface area contributed by atoms with Crippen molar-refractivity contribution in [2.45, 2.75) is 26.3 Å². The van der Waals surface area contributed by atoms with Gasteiger partial charge in [-0.05, 0) is 18.4 Å². The van der Waals surface area contributed by atoms with Crippen LogP contribution < -0.4 is 16.2 Å². The predicted molar refractivity (Wildman–Crippen MR) is 74.2 cm³/mol. The van der Waals surface area contributed by atoms with Gasteiger partial charge in [0.15, 0.2) is 0 Å². The van der Waals surface area contributed by atoms with Crippen LogP contribution in [-0.2, 0) is 7.05 Å². The molecule has 1 unspecified atom stereocenters. The summed E-state index contributed by atoms with van der Waals surface area (Å²) < 4.78 is 1.38. The Morgan fingerprint density at radius 2 is 2.11 bits per heavy atom. The smallest absolute Gasteiger partial charge is 0.319 e. The zero-order valence-electron chi connectivity index (χ0n) is 11.5. The number of urea groups is 1. The van der Waals surface area contributed by atoms with Gasteiger partial charge in [0.2, 0.25) is 5.56 Å². The fourth-order valence-electron chi connectivity index (χ4n) is 1.77. The van der Waals surface area contributed by atoms with E-state index in [0.717, 1.165) is 0 Å². The Labute approximate surface area is 112 Å². The van der Waals surface area contributed by atoms with Gasteiger partial charge in [0, 0.05) is 19.3 Å². The van der Waals surface area contributed by atoms with Gasteiger partial charge in [0.05, 0.1) is 18.3 Å². The lowest BCUT2D eigenvalue weighted by molar-refractivity contribution is 0.214. The standard InChI is InChI=1S/C13H21N3O3/c1-9(2)6-11(8-17)15-13(19)14-10-4-5-12(18)16(3)7-10/h4-5,7,9,11,17H,6,8H2,1-3H3,(H2,14,15,19). The predicted octanol–water partition coefficient (Wildman–Crippen LogP) is 0.914. The van der Waals surface area contributed by atoms with Crippen LogP contribution in [0.2, 0.25) is 0 Å². The fraction of sp³-hybridized carbons (Fsp3) is 0.538. The number of aromatic nitrogens is 1. The maximum Gasteiger partial charge on any atom is 0.319 e. The molecule has 6 nitrogen and oxygen atoms in total. The third-order valence-corrected chi connectivity index (χ3v) is 2.66. The number of aryl methyl sites for hydroxylation is 1. The maximum atomic E-state index is 11.7. The highest BCUT2D eigenvalue weighted by Crippen LogP contribution is 2.06. The lowest BCUT2D eigenvalue weighted by Crippen LogP contribution is -2.41. The molecule has 0 fully saturated rings. The van der Waals surface area contributed by atoms with Crippen molar-refractivity contribution in [2.75, 3.05) is 11.9 Å². The summed E-state index contributed by atoms with van der Waals surface area (Å²) in [5, 5.41) is 14.5. The van der Waals surface area contributed by atoms with E-state index in [1.54, 1.807) is 7.05 Å². The minimum Gasteiger partial charge on any atom is -0.394 e. The number of rotatable bonds is 5. The average molecular weight is 267 g/mol. The molecule has 0 aliphatic rings. The summed E-state index contributed by atoms with van der Waals surface area (Å²) in [5.41, 5.74) is 0.389. The highest BCUT2D eigenvalue weighted by Gasteiger charge is 2.13. The van der Waals surface area contributed by atoms with Gasteiger partial charge in [0.25, 0.3) is 0 Å². The van der Waals surface area contributed by atoms with Crippen LogP contribution in [-0.4, -0.2) is 28.4 Å². The van der Waals surface area contributed by atoms with Crippen LogP contribution in [0.5, 0.6) is 0 Å². The molecule has 1 heterocycles. The summed E-state index contributed by atoms with van der Waals surface area (Å²) in [7, 11) is 1.61. The summed E-state index contributed by atoms with van der Waals surface area (Å²) in [6, 6.07) is 2.26. The van der Waals surface area contributed by atoms with E-state index < -0.39 is 6.03 Å². The zero-order chi connectivity index (χ0) is 14.4. The second-order valence-corrected chi connectivity index (χ2v) is 4.97. The molecule has 0 aromatic carbocycles. The maximum absolute atomic E-state index is 11.7. The fourth-order valence-corrected chi connectivity index (χ4v) is 1.77. The number of amides is 2. The molecule has 0 bridgehead atoms. The van der Waals surface area contributed by atoms with E-state index >= 15 is 0 Å². The first-order valence-electron chi connectivity index (χ1n) is 6.27. The van der Waals surface area contributed by atoms with Crippen LogP contribution >= 0.6 is 0 Å². The number of nitrogens with zero attached hydrogens (tertiary/aromatic N) is 1. The highest BCUT2D eigenvalue weighted by molar-refractivity contribution is 5.89. The third kappa shape index (κ3) is 5.13.